The Morgan fingerprint density at radius 3 is 2.64 bits per heavy atom. The number of fused-ring (bicyclic) bond motifs is 1. The van der Waals surface area contributed by atoms with Gasteiger partial charge in [0.05, 0.1) is 23.6 Å². The summed E-state index contributed by atoms with van der Waals surface area (Å²) >= 11 is 0. The van der Waals surface area contributed by atoms with Crippen molar-refractivity contribution in [3.63, 3.8) is 0 Å². The van der Waals surface area contributed by atoms with Crippen molar-refractivity contribution in [2.45, 2.75) is 6.54 Å². The van der Waals surface area contributed by atoms with Crippen molar-refractivity contribution in [3.8, 4) is 11.1 Å². The summed E-state index contributed by atoms with van der Waals surface area (Å²) in [7, 11) is 0. The number of rotatable bonds is 4. The van der Waals surface area contributed by atoms with Gasteiger partial charge in [-0.15, -0.1) is 0 Å². The third-order valence-electron chi connectivity index (χ3n) is 4.51. The van der Waals surface area contributed by atoms with Crippen LogP contribution in [0.2, 0.25) is 0 Å². The number of aromatic amines is 1. The lowest BCUT2D eigenvalue weighted by Gasteiger charge is -2.14. The maximum absolute atomic E-state index is 14.6. The largest absolute Gasteiger partial charge is 0.477 e. The molecule has 2 heterocycles. The number of carbonyl (C=O) groups is 1. The molecule has 0 radical (unpaired) electrons. The molecule has 2 aromatic carbocycles. The van der Waals surface area contributed by atoms with Gasteiger partial charge in [-0.3, -0.25) is 9.89 Å². The second-order valence-corrected chi connectivity index (χ2v) is 6.23. The summed E-state index contributed by atoms with van der Waals surface area (Å²) in [5.74, 6) is -2.81. The van der Waals surface area contributed by atoms with Crippen molar-refractivity contribution in [1.82, 2.24) is 14.8 Å². The first-order valence-electron chi connectivity index (χ1n) is 8.28. The second-order valence-electron chi connectivity index (χ2n) is 6.23. The Labute approximate surface area is 156 Å². The Balaban J connectivity index is 1.84. The van der Waals surface area contributed by atoms with E-state index in [0.29, 0.717) is 5.56 Å². The van der Waals surface area contributed by atoms with E-state index in [0.717, 1.165) is 17.8 Å². The molecule has 0 aliphatic rings. The predicted molar refractivity (Wildman–Crippen MR) is 98.2 cm³/mol. The van der Waals surface area contributed by atoms with E-state index in [2.05, 4.69) is 10.2 Å². The molecule has 2 aromatic heterocycles. The van der Waals surface area contributed by atoms with Crippen LogP contribution in [0, 0.1) is 11.6 Å². The normalized spacial score (nSPS) is 11.1. The van der Waals surface area contributed by atoms with Crippen molar-refractivity contribution >= 4 is 16.9 Å². The molecule has 0 saturated carbocycles. The third-order valence-corrected chi connectivity index (χ3v) is 4.51. The van der Waals surface area contributed by atoms with Crippen LogP contribution in [0.1, 0.15) is 15.9 Å². The number of pyridine rings is 1. The first kappa shape index (κ1) is 17.6. The first-order valence-corrected chi connectivity index (χ1v) is 8.28. The zero-order chi connectivity index (χ0) is 19.8. The van der Waals surface area contributed by atoms with Crippen LogP contribution in [0.25, 0.3) is 22.0 Å². The number of hydrogen-bond acceptors (Lipinski definition) is 3. The van der Waals surface area contributed by atoms with Crippen LogP contribution in [0.3, 0.4) is 0 Å². The number of benzene rings is 2. The lowest BCUT2D eigenvalue weighted by molar-refractivity contribution is 0.0695. The van der Waals surface area contributed by atoms with E-state index < -0.39 is 28.6 Å². The van der Waals surface area contributed by atoms with Gasteiger partial charge in [0.1, 0.15) is 17.2 Å². The molecular weight excluding hydrogens is 368 g/mol. The van der Waals surface area contributed by atoms with Crippen LogP contribution in [0.15, 0.2) is 59.8 Å². The molecule has 0 bridgehead atoms. The molecule has 140 valence electrons. The van der Waals surface area contributed by atoms with Crippen molar-refractivity contribution < 1.29 is 18.7 Å². The fraction of sp³-hybridized carbons (Fsp3) is 0.0500. The van der Waals surface area contributed by atoms with Crippen molar-refractivity contribution in [3.05, 3.63) is 88.0 Å². The maximum Gasteiger partial charge on any atom is 0.341 e. The highest BCUT2D eigenvalue weighted by atomic mass is 19.1. The summed E-state index contributed by atoms with van der Waals surface area (Å²) in [6.45, 7) is -0.0714. The van der Waals surface area contributed by atoms with E-state index in [-0.39, 0.29) is 23.0 Å². The fourth-order valence-electron chi connectivity index (χ4n) is 3.13. The highest BCUT2D eigenvalue weighted by Gasteiger charge is 2.18. The first-order chi connectivity index (χ1) is 13.5. The number of carboxylic acids is 1. The Hall–Kier alpha value is -3.81. The van der Waals surface area contributed by atoms with Crippen LogP contribution < -0.4 is 5.43 Å². The number of aromatic nitrogens is 3. The number of H-pyrrole nitrogens is 1. The van der Waals surface area contributed by atoms with Gasteiger partial charge in [0.2, 0.25) is 5.43 Å². The van der Waals surface area contributed by atoms with Crippen LogP contribution in [0.4, 0.5) is 8.78 Å². The Morgan fingerprint density at radius 2 is 1.96 bits per heavy atom. The Morgan fingerprint density at radius 1 is 1.14 bits per heavy atom. The number of nitrogens with zero attached hydrogens (tertiary/aromatic N) is 2. The molecule has 0 aliphatic heterocycles. The minimum absolute atomic E-state index is 0.0714. The molecule has 0 saturated heterocycles. The standard InChI is InChI=1S/C20H13F2N3O3/c21-15-2-1-3-17-18(15)19(26)14(20(27)28)10-25(17)9-12-5-4-11(6-16(12)22)13-7-23-24-8-13/h1-8,10H,9H2,(H,23,24)(H,27,28). The zero-order valence-corrected chi connectivity index (χ0v) is 14.3. The van der Waals surface area contributed by atoms with Crippen LogP contribution in [-0.2, 0) is 6.54 Å². The zero-order valence-electron chi connectivity index (χ0n) is 14.3. The smallest absolute Gasteiger partial charge is 0.341 e. The number of hydrogen-bond donors (Lipinski definition) is 2. The molecule has 0 unspecified atom stereocenters. The summed E-state index contributed by atoms with van der Waals surface area (Å²) < 4.78 is 30.2. The monoisotopic (exact) mass is 381 g/mol. The highest BCUT2D eigenvalue weighted by Crippen LogP contribution is 2.23. The second kappa shape index (κ2) is 6.73. The molecule has 0 spiro atoms. The quantitative estimate of drug-likeness (QED) is 0.567. The molecule has 0 aliphatic carbocycles. The molecule has 2 N–H and O–H groups in total. The lowest BCUT2D eigenvalue weighted by Crippen LogP contribution is -2.20. The van der Waals surface area contributed by atoms with Crippen LogP contribution >= 0.6 is 0 Å². The minimum atomic E-state index is -1.47. The van der Waals surface area contributed by atoms with E-state index in [4.69, 9.17) is 0 Å². The predicted octanol–water partition coefficient (Wildman–Crippen LogP) is 3.42. The molecule has 8 heteroatoms. The number of nitrogens with one attached hydrogen (secondary N) is 1. The van der Waals surface area contributed by atoms with E-state index in [1.165, 1.54) is 22.8 Å². The van der Waals surface area contributed by atoms with E-state index in [1.807, 2.05) is 0 Å². The van der Waals surface area contributed by atoms with Crippen molar-refractivity contribution in [2.75, 3.05) is 0 Å². The van der Waals surface area contributed by atoms with Gasteiger partial charge >= 0.3 is 5.97 Å². The van der Waals surface area contributed by atoms with Crippen molar-refractivity contribution in [1.29, 1.82) is 0 Å². The maximum atomic E-state index is 14.6. The molecular formula is C20H13F2N3O3. The lowest BCUT2D eigenvalue weighted by atomic mass is 10.1. The Kier molecular flexibility index (Phi) is 4.23. The molecule has 0 atom stereocenters. The minimum Gasteiger partial charge on any atom is -0.477 e. The van der Waals surface area contributed by atoms with Gasteiger partial charge in [0, 0.05) is 23.5 Å². The average molecular weight is 381 g/mol. The van der Waals surface area contributed by atoms with Gasteiger partial charge in [-0.25, -0.2) is 13.6 Å². The SMILES string of the molecule is O=C(O)c1cn(Cc2ccc(-c3cn[nH]c3)cc2F)c2cccc(F)c2c1=O. The van der Waals surface area contributed by atoms with E-state index in [9.17, 15) is 23.5 Å². The van der Waals surface area contributed by atoms with Gasteiger partial charge in [-0.05, 0) is 23.8 Å². The molecule has 4 rings (SSSR count). The summed E-state index contributed by atoms with van der Waals surface area (Å²) in [6.07, 6.45) is 4.30. The Bertz CT molecular complexity index is 1260. The van der Waals surface area contributed by atoms with Gasteiger partial charge in [0.25, 0.3) is 0 Å². The number of carboxylic acid groups (broad SMARTS) is 1. The van der Waals surface area contributed by atoms with Crippen molar-refractivity contribution in [2.24, 2.45) is 0 Å². The van der Waals surface area contributed by atoms with E-state index in [1.54, 1.807) is 24.5 Å². The van der Waals surface area contributed by atoms with Gasteiger partial charge in [0.15, 0.2) is 0 Å². The van der Waals surface area contributed by atoms with Crippen LogP contribution in [0.5, 0.6) is 0 Å². The molecule has 0 amide bonds. The number of halogens is 2. The third kappa shape index (κ3) is 2.94. The number of aromatic carboxylic acids is 1. The summed E-state index contributed by atoms with van der Waals surface area (Å²) in [4.78, 5) is 23.7. The topological polar surface area (TPSA) is 88.0 Å². The molecule has 0 fully saturated rings. The van der Waals surface area contributed by atoms with Gasteiger partial charge in [-0.2, -0.15) is 5.10 Å². The van der Waals surface area contributed by atoms with E-state index >= 15 is 0 Å². The van der Waals surface area contributed by atoms with Crippen LogP contribution in [-0.4, -0.2) is 25.8 Å². The molecule has 28 heavy (non-hydrogen) atoms. The average Bonchev–Trinajstić information content (AvgIpc) is 3.19. The summed E-state index contributed by atoms with van der Waals surface area (Å²) in [5, 5.41) is 15.4. The summed E-state index contributed by atoms with van der Waals surface area (Å²) in [5.41, 5.74) is 0.304. The van der Waals surface area contributed by atoms with Gasteiger partial charge < -0.3 is 9.67 Å². The molecule has 4 aromatic rings. The van der Waals surface area contributed by atoms with Gasteiger partial charge in [-0.1, -0.05) is 18.2 Å². The fourth-order valence-corrected chi connectivity index (χ4v) is 3.13. The molecule has 6 nitrogen and oxygen atoms in total. The highest BCUT2D eigenvalue weighted by molar-refractivity contribution is 5.92. The summed E-state index contributed by atoms with van der Waals surface area (Å²) in [6, 6.07) is 8.58.